The van der Waals surface area contributed by atoms with Crippen molar-refractivity contribution in [1.82, 2.24) is 14.4 Å². The van der Waals surface area contributed by atoms with Gasteiger partial charge in [-0.25, -0.2) is 8.42 Å². The predicted octanol–water partition coefficient (Wildman–Crippen LogP) is 3.56. The van der Waals surface area contributed by atoms with E-state index in [2.05, 4.69) is 10.1 Å². The zero-order valence-corrected chi connectivity index (χ0v) is 17.8. The van der Waals surface area contributed by atoms with Crippen molar-refractivity contribution in [2.45, 2.75) is 17.0 Å². The Hall–Kier alpha value is -3.12. The van der Waals surface area contributed by atoms with E-state index in [4.69, 9.17) is 14.0 Å². The number of halogens is 3. The van der Waals surface area contributed by atoms with Crippen LogP contribution in [0.5, 0.6) is 11.5 Å². The lowest BCUT2D eigenvalue weighted by atomic mass is 10.0. The lowest BCUT2D eigenvalue weighted by molar-refractivity contribution is -0.137. The maximum atomic E-state index is 13.0. The van der Waals surface area contributed by atoms with Gasteiger partial charge in [0.2, 0.25) is 21.7 Å². The molecule has 0 spiro atoms. The average molecular weight is 469 g/mol. The molecule has 1 saturated heterocycles. The molecule has 0 atom stereocenters. The van der Waals surface area contributed by atoms with Gasteiger partial charge in [0.15, 0.2) is 0 Å². The molecule has 0 N–H and O–H groups in total. The molecule has 1 aromatic heterocycles. The SMILES string of the molecule is COc1ccc(OC)c(S(=O)(=O)N2CC(c3nc(-c4cccc(C(F)(F)F)c4)no3)C2)c1. The summed E-state index contributed by atoms with van der Waals surface area (Å²) in [6.07, 6.45) is -4.49. The number of sulfonamides is 1. The maximum absolute atomic E-state index is 13.0. The van der Waals surface area contributed by atoms with E-state index < -0.39 is 21.8 Å². The number of benzene rings is 2. The second-order valence-corrected chi connectivity index (χ2v) is 8.98. The van der Waals surface area contributed by atoms with E-state index in [1.807, 2.05) is 0 Å². The van der Waals surface area contributed by atoms with Gasteiger partial charge in [-0.15, -0.1) is 0 Å². The highest BCUT2D eigenvalue weighted by Crippen LogP contribution is 2.37. The van der Waals surface area contributed by atoms with Crippen molar-refractivity contribution in [3.05, 3.63) is 53.9 Å². The number of aromatic nitrogens is 2. The van der Waals surface area contributed by atoms with Crippen LogP contribution in [-0.4, -0.2) is 50.2 Å². The Balaban J connectivity index is 1.51. The van der Waals surface area contributed by atoms with E-state index in [0.29, 0.717) is 5.75 Å². The number of hydrogen-bond donors (Lipinski definition) is 0. The van der Waals surface area contributed by atoms with Crippen LogP contribution in [0.1, 0.15) is 17.4 Å². The smallest absolute Gasteiger partial charge is 0.416 e. The van der Waals surface area contributed by atoms with E-state index in [1.165, 1.54) is 42.8 Å². The van der Waals surface area contributed by atoms with Crippen LogP contribution >= 0.6 is 0 Å². The van der Waals surface area contributed by atoms with E-state index in [-0.39, 0.29) is 46.9 Å². The fourth-order valence-corrected chi connectivity index (χ4v) is 4.97. The molecule has 1 aliphatic rings. The summed E-state index contributed by atoms with van der Waals surface area (Å²) in [4.78, 5) is 4.13. The molecule has 4 rings (SSSR count). The van der Waals surface area contributed by atoms with Gasteiger partial charge in [-0.05, 0) is 24.3 Å². The summed E-state index contributed by atoms with van der Waals surface area (Å²) in [6, 6.07) is 9.05. The fourth-order valence-electron chi connectivity index (χ4n) is 3.27. The Kier molecular flexibility index (Phi) is 5.59. The van der Waals surface area contributed by atoms with Gasteiger partial charge in [0.25, 0.3) is 0 Å². The van der Waals surface area contributed by atoms with Crippen LogP contribution in [0.2, 0.25) is 0 Å². The van der Waals surface area contributed by atoms with Gasteiger partial charge >= 0.3 is 6.18 Å². The largest absolute Gasteiger partial charge is 0.497 e. The van der Waals surface area contributed by atoms with Crippen molar-refractivity contribution < 1.29 is 35.6 Å². The molecule has 12 heteroatoms. The van der Waals surface area contributed by atoms with Crippen LogP contribution in [0.3, 0.4) is 0 Å². The summed E-state index contributed by atoms with van der Waals surface area (Å²) < 4.78 is 81.5. The average Bonchev–Trinajstić information content (AvgIpc) is 3.21. The molecule has 170 valence electrons. The highest BCUT2D eigenvalue weighted by atomic mass is 32.2. The molecular formula is C20H18F3N3O5S. The van der Waals surface area contributed by atoms with Crippen LogP contribution in [0.4, 0.5) is 13.2 Å². The number of methoxy groups -OCH3 is 2. The molecule has 1 aliphatic heterocycles. The van der Waals surface area contributed by atoms with Crippen molar-refractivity contribution in [2.75, 3.05) is 27.3 Å². The number of rotatable bonds is 6. The lowest BCUT2D eigenvalue weighted by Crippen LogP contribution is -2.48. The Bertz CT molecular complexity index is 1240. The van der Waals surface area contributed by atoms with Crippen LogP contribution in [0, 0.1) is 0 Å². The molecule has 0 aliphatic carbocycles. The lowest BCUT2D eigenvalue weighted by Gasteiger charge is -2.36. The monoisotopic (exact) mass is 469 g/mol. The van der Waals surface area contributed by atoms with Crippen molar-refractivity contribution in [2.24, 2.45) is 0 Å². The second kappa shape index (κ2) is 8.10. The third kappa shape index (κ3) is 4.02. The molecule has 2 aromatic carbocycles. The zero-order valence-electron chi connectivity index (χ0n) is 17.0. The fraction of sp³-hybridized carbons (Fsp3) is 0.300. The Morgan fingerprint density at radius 1 is 1.09 bits per heavy atom. The van der Waals surface area contributed by atoms with Crippen LogP contribution in [0.25, 0.3) is 11.4 Å². The molecule has 0 unspecified atom stereocenters. The molecule has 0 bridgehead atoms. The minimum Gasteiger partial charge on any atom is -0.497 e. The van der Waals surface area contributed by atoms with Crippen LogP contribution in [0.15, 0.2) is 51.9 Å². The van der Waals surface area contributed by atoms with E-state index >= 15 is 0 Å². The van der Waals surface area contributed by atoms with E-state index in [1.54, 1.807) is 6.07 Å². The maximum Gasteiger partial charge on any atom is 0.416 e. The minimum atomic E-state index is -4.49. The first kappa shape index (κ1) is 22.1. The van der Waals surface area contributed by atoms with Gasteiger partial charge < -0.3 is 14.0 Å². The molecular weight excluding hydrogens is 451 g/mol. The normalized spacial score (nSPS) is 15.4. The molecule has 1 fully saturated rings. The number of nitrogens with zero attached hydrogens (tertiary/aromatic N) is 3. The molecule has 0 radical (unpaired) electrons. The Morgan fingerprint density at radius 2 is 1.84 bits per heavy atom. The number of alkyl halides is 3. The first-order chi connectivity index (χ1) is 15.1. The number of hydrogen-bond acceptors (Lipinski definition) is 7. The third-order valence-electron chi connectivity index (χ3n) is 5.08. The van der Waals surface area contributed by atoms with Crippen molar-refractivity contribution in [3.8, 4) is 22.9 Å². The van der Waals surface area contributed by atoms with Crippen molar-refractivity contribution >= 4 is 10.0 Å². The van der Waals surface area contributed by atoms with Gasteiger partial charge in [-0.3, -0.25) is 0 Å². The molecule has 8 nitrogen and oxygen atoms in total. The van der Waals surface area contributed by atoms with Crippen LogP contribution in [-0.2, 0) is 16.2 Å². The Labute approximate surface area is 181 Å². The van der Waals surface area contributed by atoms with Crippen LogP contribution < -0.4 is 9.47 Å². The summed E-state index contributed by atoms with van der Waals surface area (Å²) in [5, 5.41) is 3.75. The third-order valence-corrected chi connectivity index (χ3v) is 6.93. The minimum absolute atomic E-state index is 0.00173. The highest BCUT2D eigenvalue weighted by Gasteiger charge is 2.41. The summed E-state index contributed by atoms with van der Waals surface area (Å²) in [6.45, 7) is 0.153. The molecule has 32 heavy (non-hydrogen) atoms. The topological polar surface area (TPSA) is 94.8 Å². The number of ether oxygens (including phenoxy) is 2. The first-order valence-corrected chi connectivity index (χ1v) is 10.8. The van der Waals surface area contributed by atoms with Crippen molar-refractivity contribution in [3.63, 3.8) is 0 Å². The molecule has 2 heterocycles. The summed E-state index contributed by atoms with van der Waals surface area (Å²) in [5.74, 6) is 0.319. The van der Waals surface area contributed by atoms with Gasteiger partial charge in [0.05, 0.1) is 25.7 Å². The quantitative estimate of drug-likeness (QED) is 0.545. The standard InChI is InChI=1S/C20H18F3N3O5S/c1-29-15-6-7-16(30-2)17(9-15)32(27,28)26-10-13(11-26)19-24-18(25-31-19)12-4-3-5-14(8-12)20(21,22)23/h3-9,13H,10-11H2,1-2H3. The highest BCUT2D eigenvalue weighted by molar-refractivity contribution is 7.89. The Morgan fingerprint density at radius 3 is 2.50 bits per heavy atom. The van der Waals surface area contributed by atoms with Gasteiger partial charge in [0, 0.05) is 24.7 Å². The first-order valence-electron chi connectivity index (χ1n) is 9.37. The van der Waals surface area contributed by atoms with E-state index in [0.717, 1.165) is 12.1 Å². The second-order valence-electron chi connectivity index (χ2n) is 7.07. The molecule has 0 amide bonds. The summed E-state index contributed by atoms with van der Waals surface area (Å²) >= 11 is 0. The van der Waals surface area contributed by atoms with Gasteiger partial charge in [0.1, 0.15) is 16.4 Å². The van der Waals surface area contributed by atoms with Gasteiger partial charge in [-0.2, -0.15) is 22.5 Å². The van der Waals surface area contributed by atoms with Gasteiger partial charge in [-0.1, -0.05) is 17.3 Å². The summed E-state index contributed by atoms with van der Waals surface area (Å²) in [7, 11) is -1.08. The zero-order chi connectivity index (χ0) is 23.1. The van der Waals surface area contributed by atoms with Crippen molar-refractivity contribution in [1.29, 1.82) is 0 Å². The molecule has 3 aromatic rings. The molecule has 0 saturated carbocycles. The van der Waals surface area contributed by atoms with E-state index in [9.17, 15) is 21.6 Å². The summed E-state index contributed by atoms with van der Waals surface area (Å²) in [5.41, 5.74) is -0.672. The predicted molar refractivity (Wildman–Crippen MR) is 106 cm³/mol.